The van der Waals surface area contributed by atoms with Crippen LogP contribution in [0.15, 0.2) is 36.4 Å². The van der Waals surface area contributed by atoms with E-state index >= 15 is 0 Å². The molecule has 146 valence electrons. The van der Waals surface area contributed by atoms with Crippen LogP contribution in [0.2, 0.25) is 0 Å². The van der Waals surface area contributed by atoms with E-state index in [2.05, 4.69) is 16.2 Å². The molecular formula is C20H21N3O5. The van der Waals surface area contributed by atoms with Gasteiger partial charge in [0, 0.05) is 17.2 Å². The lowest BCUT2D eigenvalue weighted by atomic mass is 9.82. The first-order valence-corrected chi connectivity index (χ1v) is 9.36. The second-order valence-corrected chi connectivity index (χ2v) is 7.62. The minimum Gasteiger partial charge on any atom is -0.481 e. The molecule has 4 unspecified atom stereocenters. The molecule has 2 fully saturated rings. The standard InChI is InChI=1S/C20H21N3O5/c24-17(10-1-2-10)21-14-7-5-11(6-8-14)18(25)22-23-19(26)15-12-3-4-13(9-12)16(15)20(27)28/h3-8,10,12-13,15-16H,1-2,9H2,(H,21,24)(H,22,25)(H,23,26)(H,27,28). The Morgan fingerprint density at radius 2 is 1.50 bits per heavy atom. The second-order valence-electron chi connectivity index (χ2n) is 7.62. The molecule has 4 rings (SSSR count). The van der Waals surface area contributed by atoms with Crippen molar-refractivity contribution in [3.8, 4) is 0 Å². The maximum absolute atomic E-state index is 12.5. The molecule has 0 spiro atoms. The van der Waals surface area contributed by atoms with E-state index in [0.29, 0.717) is 17.7 Å². The van der Waals surface area contributed by atoms with Crippen molar-refractivity contribution in [3.63, 3.8) is 0 Å². The van der Waals surface area contributed by atoms with E-state index in [1.807, 2.05) is 12.2 Å². The number of carboxylic acid groups (broad SMARTS) is 1. The topological polar surface area (TPSA) is 125 Å². The zero-order chi connectivity index (χ0) is 19.8. The molecule has 1 aromatic rings. The number of rotatable bonds is 5. The molecule has 2 saturated carbocycles. The van der Waals surface area contributed by atoms with Crippen molar-refractivity contribution in [2.75, 3.05) is 5.32 Å². The average molecular weight is 383 g/mol. The van der Waals surface area contributed by atoms with Gasteiger partial charge in [-0.25, -0.2) is 0 Å². The number of carbonyl (C=O) groups is 4. The third-order valence-electron chi connectivity index (χ3n) is 5.71. The Balaban J connectivity index is 1.32. The van der Waals surface area contributed by atoms with Gasteiger partial charge in [0.1, 0.15) is 0 Å². The number of hydrogen-bond acceptors (Lipinski definition) is 4. The van der Waals surface area contributed by atoms with Crippen molar-refractivity contribution >= 4 is 29.4 Å². The molecule has 3 aliphatic carbocycles. The van der Waals surface area contributed by atoms with Crippen LogP contribution in [0, 0.1) is 29.6 Å². The highest BCUT2D eigenvalue weighted by Gasteiger charge is 2.51. The summed E-state index contributed by atoms with van der Waals surface area (Å²) in [6.45, 7) is 0. The van der Waals surface area contributed by atoms with E-state index in [-0.39, 0.29) is 23.7 Å². The third kappa shape index (κ3) is 3.49. The SMILES string of the molecule is O=C(NNC(=O)C1C2C=CC(C2)C1C(=O)O)c1ccc(NC(=O)C2CC2)cc1. The summed E-state index contributed by atoms with van der Waals surface area (Å²) < 4.78 is 0. The van der Waals surface area contributed by atoms with E-state index in [1.54, 1.807) is 24.3 Å². The maximum Gasteiger partial charge on any atom is 0.307 e. The van der Waals surface area contributed by atoms with Crippen LogP contribution in [0.4, 0.5) is 5.69 Å². The summed E-state index contributed by atoms with van der Waals surface area (Å²) in [5.41, 5.74) is 5.62. The molecule has 2 bridgehead atoms. The number of fused-ring (bicyclic) bond motifs is 2. The van der Waals surface area contributed by atoms with Crippen molar-refractivity contribution in [1.29, 1.82) is 0 Å². The Bertz CT molecular complexity index is 859. The highest BCUT2D eigenvalue weighted by atomic mass is 16.4. The molecule has 0 radical (unpaired) electrons. The summed E-state index contributed by atoms with van der Waals surface area (Å²) >= 11 is 0. The summed E-state index contributed by atoms with van der Waals surface area (Å²) in [7, 11) is 0. The van der Waals surface area contributed by atoms with Crippen molar-refractivity contribution in [1.82, 2.24) is 10.9 Å². The van der Waals surface area contributed by atoms with E-state index in [1.165, 1.54) is 0 Å². The molecule has 1 aromatic carbocycles. The van der Waals surface area contributed by atoms with Gasteiger partial charge in [0.05, 0.1) is 11.8 Å². The normalized spacial score (nSPS) is 27.3. The van der Waals surface area contributed by atoms with Gasteiger partial charge in [0.25, 0.3) is 5.91 Å². The molecule has 0 aliphatic heterocycles. The van der Waals surface area contributed by atoms with Crippen molar-refractivity contribution in [2.45, 2.75) is 19.3 Å². The van der Waals surface area contributed by atoms with E-state index in [9.17, 15) is 24.3 Å². The first kappa shape index (κ1) is 18.2. The first-order valence-electron chi connectivity index (χ1n) is 9.36. The molecule has 8 heteroatoms. The molecule has 8 nitrogen and oxygen atoms in total. The molecule has 3 amide bonds. The minimum atomic E-state index is -0.993. The van der Waals surface area contributed by atoms with E-state index < -0.39 is 29.6 Å². The van der Waals surface area contributed by atoms with Crippen LogP contribution >= 0.6 is 0 Å². The number of benzene rings is 1. The van der Waals surface area contributed by atoms with Crippen LogP contribution < -0.4 is 16.2 Å². The van der Waals surface area contributed by atoms with Gasteiger partial charge in [-0.05, 0) is 55.4 Å². The molecule has 0 saturated heterocycles. The zero-order valence-corrected chi connectivity index (χ0v) is 15.1. The Morgan fingerprint density at radius 3 is 2.11 bits per heavy atom. The van der Waals surface area contributed by atoms with Gasteiger partial charge in [-0.2, -0.15) is 0 Å². The minimum absolute atomic E-state index is 0.0163. The van der Waals surface area contributed by atoms with Crippen molar-refractivity contribution in [2.24, 2.45) is 29.6 Å². The van der Waals surface area contributed by atoms with Gasteiger partial charge in [0.2, 0.25) is 11.8 Å². The van der Waals surface area contributed by atoms with Crippen LogP contribution in [-0.2, 0) is 14.4 Å². The van der Waals surface area contributed by atoms with Crippen LogP contribution in [0.3, 0.4) is 0 Å². The Morgan fingerprint density at radius 1 is 0.857 bits per heavy atom. The molecule has 4 atom stereocenters. The second kappa shape index (κ2) is 7.10. The number of hydrazine groups is 1. The van der Waals surface area contributed by atoms with Gasteiger partial charge >= 0.3 is 5.97 Å². The molecule has 0 aromatic heterocycles. The number of hydrogen-bond donors (Lipinski definition) is 4. The fourth-order valence-electron chi connectivity index (χ4n) is 4.09. The fraction of sp³-hybridized carbons (Fsp3) is 0.400. The summed E-state index contributed by atoms with van der Waals surface area (Å²) in [6, 6.07) is 6.34. The average Bonchev–Trinajstić information content (AvgIpc) is 3.34. The van der Waals surface area contributed by atoms with Crippen LogP contribution in [0.5, 0.6) is 0 Å². The van der Waals surface area contributed by atoms with Gasteiger partial charge in [-0.3, -0.25) is 30.0 Å². The van der Waals surface area contributed by atoms with Gasteiger partial charge in [-0.1, -0.05) is 12.2 Å². The fourth-order valence-corrected chi connectivity index (χ4v) is 4.09. The summed E-state index contributed by atoms with van der Waals surface area (Å²) in [5.74, 6) is -3.62. The first-order chi connectivity index (χ1) is 13.4. The van der Waals surface area contributed by atoms with Crippen molar-refractivity contribution < 1.29 is 24.3 Å². The van der Waals surface area contributed by atoms with Crippen LogP contribution in [-0.4, -0.2) is 28.8 Å². The largest absolute Gasteiger partial charge is 0.481 e. The molecule has 28 heavy (non-hydrogen) atoms. The van der Waals surface area contributed by atoms with Gasteiger partial charge in [0.15, 0.2) is 0 Å². The Kier molecular flexibility index (Phi) is 4.62. The number of anilines is 1. The monoisotopic (exact) mass is 383 g/mol. The lowest BCUT2D eigenvalue weighted by Crippen LogP contribution is -2.48. The number of allylic oxidation sites excluding steroid dienone is 2. The summed E-state index contributed by atoms with van der Waals surface area (Å²) in [5, 5.41) is 12.2. The quantitative estimate of drug-likeness (QED) is 0.451. The smallest absolute Gasteiger partial charge is 0.307 e. The number of carboxylic acids is 1. The van der Waals surface area contributed by atoms with Crippen LogP contribution in [0.25, 0.3) is 0 Å². The third-order valence-corrected chi connectivity index (χ3v) is 5.71. The highest BCUT2D eigenvalue weighted by Crippen LogP contribution is 2.48. The van der Waals surface area contributed by atoms with E-state index in [4.69, 9.17) is 0 Å². The molecule has 4 N–H and O–H groups in total. The lowest BCUT2D eigenvalue weighted by molar-refractivity contribution is -0.148. The highest BCUT2D eigenvalue weighted by molar-refractivity contribution is 5.98. The molecule has 0 heterocycles. The summed E-state index contributed by atoms with van der Waals surface area (Å²) in [4.78, 5) is 47.9. The molecule has 3 aliphatic rings. The zero-order valence-electron chi connectivity index (χ0n) is 15.1. The van der Waals surface area contributed by atoms with Gasteiger partial charge in [-0.15, -0.1) is 0 Å². The number of aliphatic carboxylic acids is 1. The lowest BCUT2D eigenvalue weighted by Gasteiger charge is -2.23. The number of carbonyl (C=O) groups excluding carboxylic acids is 3. The number of amides is 3. The number of nitrogens with one attached hydrogen (secondary N) is 3. The predicted octanol–water partition coefficient (Wildman–Crippen LogP) is 1.32. The predicted molar refractivity (Wildman–Crippen MR) is 98.8 cm³/mol. The Hall–Kier alpha value is -3.16. The summed E-state index contributed by atoms with van der Waals surface area (Å²) in [6.07, 6.45) is 6.21. The van der Waals surface area contributed by atoms with Crippen LogP contribution in [0.1, 0.15) is 29.6 Å². The van der Waals surface area contributed by atoms with E-state index in [0.717, 1.165) is 12.8 Å². The molecular weight excluding hydrogens is 362 g/mol. The maximum atomic E-state index is 12.5. The Labute approximate surface area is 161 Å². The van der Waals surface area contributed by atoms with Crippen molar-refractivity contribution in [3.05, 3.63) is 42.0 Å². The van der Waals surface area contributed by atoms with Gasteiger partial charge < -0.3 is 10.4 Å².